The Hall–Kier alpha value is -0.0800. The number of rotatable bonds is 3. The van der Waals surface area contributed by atoms with Crippen LogP contribution in [0, 0.1) is 5.92 Å². The smallest absolute Gasteiger partial charge is 0.0309 e. The first kappa shape index (κ1) is 12.4. The lowest BCUT2D eigenvalue weighted by Gasteiger charge is -2.48. The molecule has 1 saturated carbocycles. The minimum Gasteiger partial charge on any atom is -0.308 e. The van der Waals surface area contributed by atoms with Gasteiger partial charge in [-0.3, -0.25) is 4.90 Å². The Morgan fingerprint density at radius 1 is 1.31 bits per heavy atom. The Morgan fingerprint density at radius 3 is 2.56 bits per heavy atom. The average Bonchev–Trinajstić information content (AvgIpc) is 2.76. The van der Waals surface area contributed by atoms with Gasteiger partial charge in [-0.25, -0.2) is 0 Å². The molecule has 2 aliphatic rings. The fourth-order valence-electron chi connectivity index (χ4n) is 3.58. The minimum absolute atomic E-state index is 0.486. The Balaban J connectivity index is 2.01. The summed E-state index contributed by atoms with van der Waals surface area (Å²) in [6.07, 6.45) is 6.96. The summed E-state index contributed by atoms with van der Waals surface area (Å²) < 4.78 is 0. The molecule has 1 N–H and O–H groups in total. The van der Waals surface area contributed by atoms with E-state index in [0.29, 0.717) is 5.54 Å². The van der Waals surface area contributed by atoms with Crippen LogP contribution in [0.15, 0.2) is 0 Å². The molecule has 2 heteroatoms. The molecule has 0 aromatic carbocycles. The fourth-order valence-corrected chi connectivity index (χ4v) is 3.58. The zero-order chi connectivity index (χ0) is 11.6. The normalized spacial score (nSPS) is 32.1. The molecule has 1 aliphatic carbocycles. The zero-order valence-electron chi connectivity index (χ0n) is 11.3. The van der Waals surface area contributed by atoms with Gasteiger partial charge in [0.15, 0.2) is 0 Å². The molecule has 16 heavy (non-hydrogen) atoms. The molecule has 94 valence electrons. The van der Waals surface area contributed by atoms with E-state index in [2.05, 4.69) is 31.0 Å². The van der Waals surface area contributed by atoms with Crippen molar-refractivity contribution in [3.63, 3.8) is 0 Å². The second kappa shape index (κ2) is 5.05. The van der Waals surface area contributed by atoms with E-state index in [1.165, 1.54) is 51.7 Å². The van der Waals surface area contributed by atoms with Crippen LogP contribution in [0.1, 0.15) is 52.9 Å². The third-order valence-electron chi connectivity index (χ3n) is 4.93. The lowest BCUT2D eigenvalue weighted by Crippen LogP contribution is -2.64. The van der Waals surface area contributed by atoms with Gasteiger partial charge < -0.3 is 5.32 Å². The van der Waals surface area contributed by atoms with Crippen LogP contribution >= 0.6 is 0 Å². The first-order chi connectivity index (χ1) is 7.71. The molecule has 1 heterocycles. The third kappa shape index (κ3) is 2.28. The number of hydrogen-bond acceptors (Lipinski definition) is 2. The maximum Gasteiger partial charge on any atom is 0.0309 e. The summed E-state index contributed by atoms with van der Waals surface area (Å²) >= 11 is 0. The average molecular weight is 224 g/mol. The first-order valence-electron chi connectivity index (χ1n) is 7.20. The highest BCUT2D eigenvalue weighted by Crippen LogP contribution is 2.34. The van der Waals surface area contributed by atoms with E-state index in [4.69, 9.17) is 0 Å². The molecule has 1 saturated heterocycles. The van der Waals surface area contributed by atoms with Gasteiger partial charge in [-0.05, 0) is 25.3 Å². The van der Waals surface area contributed by atoms with Crippen LogP contribution in [0.3, 0.4) is 0 Å². The summed E-state index contributed by atoms with van der Waals surface area (Å²) in [6.45, 7) is 10.8. The standard InChI is InChI=1S/C14H28N2/c1-4-12(3)13-10-15-14(8-6-7-9-14)11-16(13)5-2/h12-13,15H,4-11H2,1-3H3. The number of nitrogens with one attached hydrogen (secondary N) is 1. The van der Waals surface area contributed by atoms with Crippen LogP contribution in [0.4, 0.5) is 0 Å². The van der Waals surface area contributed by atoms with Gasteiger partial charge in [0.1, 0.15) is 0 Å². The summed E-state index contributed by atoms with van der Waals surface area (Å²) in [4.78, 5) is 2.73. The van der Waals surface area contributed by atoms with E-state index < -0.39 is 0 Å². The maximum absolute atomic E-state index is 3.88. The summed E-state index contributed by atoms with van der Waals surface area (Å²) in [5.74, 6) is 0.825. The van der Waals surface area contributed by atoms with Crippen molar-refractivity contribution < 1.29 is 0 Å². The molecular formula is C14H28N2. The summed E-state index contributed by atoms with van der Waals surface area (Å²) in [5.41, 5.74) is 0.486. The molecule has 1 aliphatic heterocycles. The Kier molecular flexibility index (Phi) is 3.91. The minimum atomic E-state index is 0.486. The van der Waals surface area contributed by atoms with Crippen molar-refractivity contribution in [1.82, 2.24) is 10.2 Å². The first-order valence-corrected chi connectivity index (χ1v) is 7.20. The SMILES string of the molecule is CCC(C)C1CNC2(CCCC2)CN1CC. The molecule has 1 spiro atoms. The van der Waals surface area contributed by atoms with Crippen molar-refractivity contribution in [2.75, 3.05) is 19.6 Å². The molecule has 2 fully saturated rings. The Labute approximate surface area is 101 Å². The number of nitrogens with zero attached hydrogens (tertiary/aromatic N) is 1. The van der Waals surface area contributed by atoms with Crippen LogP contribution in [-0.4, -0.2) is 36.1 Å². The Morgan fingerprint density at radius 2 is 2.00 bits per heavy atom. The summed E-state index contributed by atoms with van der Waals surface area (Å²) in [7, 11) is 0. The van der Waals surface area contributed by atoms with Crippen LogP contribution in [0.2, 0.25) is 0 Å². The van der Waals surface area contributed by atoms with Crippen LogP contribution in [0.25, 0.3) is 0 Å². The van der Waals surface area contributed by atoms with Crippen LogP contribution in [0.5, 0.6) is 0 Å². The van der Waals surface area contributed by atoms with E-state index in [1.807, 2.05) is 0 Å². The van der Waals surface area contributed by atoms with E-state index in [0.717, 1.165) is 12.0 Å². The largest absolute Gasteiger partial charge is 0.308 e. The highest BCUT2D eigenvalue weighted by Gasteiger charge is 2.41. The highest BCUT2D eigenvalue weighted by molar-refractivity contribution is 5.01. The number of piperazine rings is 1. The van der Waals surface area contributed by atoms with Gasteiger partial charge >= 0.3 is 0 Å². The third-order valence-corrected chi connectivity index (χ3v) is 4.93. The van der Waals surface area contributed by atoms with Crippen molar-refractivity contribution >= 4 is 0 Å². The quantitative estimate of drug-likeness (QED) is 0.793. The molecule has 0 bridgehead atoms. The molecule has 0 amide bonds. The molecular weight excluding hydrogens is 196 g/mol. The van der Waals surface area contributed by atoms with Gasteiger partial charge in [0.2, 0.25) is 0 Å². The second-order valence-electron chi connectivity index (χ2n) is 5.88. The molecule has 2 atom stereocenters. The van der Waals surface area contributed by atoms with Gasteiger partial charge in [0.25, 0.3) is 0 Å². The topological polar surface area (TPSA) is 15.3 Å². The van der Waals surface area contributed by atoms with E-state index in [1.54, 1.807) is 0 Å². The van der Waals surface area contributed by atoms with Crippen LogP contribution < -0.4 is 5.32 Å². The number of likely N-dealkylation sites (N-methyl/N-ethyl adjacent to an activating group) is 1. The second-order valence-corrected chi connectivity index (χ2v) is 5.88. The highest BCUT2D eigenvalue weighted by atomic mass is 15.3. The van der Waals surface area contributed by atoms with Gasteiger partial charge in [0.05, 0.1) is 0 Å². The van der Waals surface area contributed by atoms with Gasteiger partial charge in [-0.1, -0.05) is 40.0 Å². The molecule has 0 aromatic rings. The van der Waals surface area contributed by atoms with Crippen LogP contribution in [-0.2, 0) is 0 Å². The lowest BCUT2D eigenvalue weighted by molar-refractivity contribution is 0.0565. The van der Waals surface area contributed by atoms with Crippen molar-refractivity contribution in [2.24, 2.45) is 5.92 Å². The number of hydrogen-bond donors (Lipinski definition) is 1. The molecule has 2 rings (SSSR count). The van der Waals surface area contributed by atoms with Crippen molar-refractivity contribution in [1.29, 1.82) is 0 Å². The predicted molar refractivity (Wildman–Crippen MR) is 69.7 cm³/mol. The summed E-state index contributed by atoms with van der Waals surface area (Å²) in [5, 5.41) is 3.88. The maximum atomic E-state index is 3.88. The molecule has 2 unspecified atom stereocenters. The van der Waals surface area contributed by atoms with E-state index in [9.17, 15) is 0 Å². The molecule has 2 nitrogen and oxygen atoms in total. The van der Waals surface area contributed by atoms with Crippen molar-refractivity contribution in [3.05, 3.63) is 0 Å². The predicted octanol–water partition coefficient (Wildman–Crippen LogP) is 2.64. The van der Waals surface area contributed by atoms with Gasteiger partial charge in [0, 0.05) is 24.7 Å². The lowest BCUT2D eigenvalue weighted by atomic mass is 9.88. The van der Waals surface area contributed by atoms with E-state index >= 15 is 0 Å². The van der Waals surface area contributed by atoms with Gasteiger partial charge in [-0.2, -0.15) is 0 Å². The molecule has 0 radical (unpaired) electrons. The summed E-state index contributed by atoms with van der Waals surface area (Å²) in [6, 6.07) is 0.765. The zero-order valence-corrected chi connectivity index (χ0v) is 11.3. The monoisotopic (exact) mass is 224 g/mol. The fraction of sp³-hybridized carbons (Fsp3) is 1.00. The van der Waals surface area contributed by atoms with Crippen molar-refractivity contribution in [2.45, 2.75) is 64.5 Å². The van der Waals surface area contributed by atoms with E-state index in [-0.39, 0.29) is 0 Å². The Bertz CT molecular complexity index is 221. The van der Waals surface area contributed by atoms with Gasteiger partial charge in [-0.15, -0.1) is 0 Å². The molecule has 0 aromatic heterocycles. The van der Waals surface area contributed by atoms with Crippen molar-refractivity contribution in [3.8, 4) is 0 Å².